The van der Waals surface area contributed by atoms with Crippen LogP contribution in [0.1, 0.15) is 27.2 Å². The third kappa shape index (κ3) is 5.49. The summed E-state index contributed by atoms with van der Waals surface area (Å²) in [7, 11) is 0. The molecule has 0 spiro atoms. The molecule has 0 bridgehead atoms. The number of carbonyl (C=O) groups is 2. The van der Waals surface area contributed by atoms with E-state index >= 15 is 0 Å². The number of pyridine rings is 2. The van der Waals surface area contributed by atoms with Gasteiger partial charge in [-0.1, -0.05) is 16.6 Å². The molecule has 4 aromatic rings. The predicted octanol–water partition coefficient (Wildman–Crippen LogP) is 3.40. The van der Waals surface area contributed by atoms with E-state index in [4.69, 9.17) is 14.6 Å². The second-order valence-electron chi connectivity index (χ2n) is 7.67. The summed E-state index contributed by atoms with van der Waals surface area (Å²) >= 11 is 1.24. The maximum Gasteiger partial charge on any atom is 0.490 e. The lowest BCUT2D eigenvalue weighted by Crippen LogP contribution is -2.42. The van der Waals surface area contributed by atoms with Crippen molar-refractivity contribution in [2.45, 2.75) is 19.2 Å². The third-order valence-corrected chi connectivity index (χ3v) is 5.94. The van der Waals surface area contributed by atoms with E-state index in [0.29, 0.717) is 25.4 Å². The first-order valence-corrected chi connectivity index (χ1v) is 11.3. The van der Waals surface area contributed by atoms with E-state index in [1.54, 1.807) is 17.4 Å². The number of fused-ring (bicyclic) bond motifs is 1. The summed E-state index contributed by atoms with van der Waals surface area (Å²) in [4.78, 5) is 33.1. The molecule has 5 rings (SSSR count). The Balaban J connectivity index is 0.000000384. The molecule has 1 fully saturated rings. The van der Waals surface area contributed by atoms with Crippen LogP contribution in [0.15, 0.2) is 49.2 Å². The Labute approximate surface area is 206 Å². The van der Waals surface area contributed by atoms with Gasteiger partial charge in [-0.05, 0) is 36.2 Å². The zero-order chi connectivity index (χ0) is 25.9. The molecular formula is C22H19F3N6O4S. The van der Waals surface area contributed by atoms with Crippen molar-refractivity contribution in [3.05, 3.63) is 65.4 Å². The second-order valence-corrected chi connectivity index (χ2v) is 8.63. The molecule has 36 heavy (non-hydrogen) atoms. The molecule has 1 aliphatic rings. The fraction of sp³-hybridized carbons (Fsp3) is 0.273. The Hall–Kier alpha value is -3.91. The number of morpholine rings is 1. The SMILES string of the molecule is Cc1snnc1C(=O)N1CCOC(c2ncn3cc(-c4cccnc4)ccc23)C1.O=C(O)C(F)(F)F. The summed E-state index contributed by atoms with van der Waals surface area (Å²) in [6, 6.07) is 8.02. The Bertz CT molecular complexity index is 1380. The number of imidazole rings is 1. The van der Waals surface area contributed by atoms with Crippen LogP contribution in [0.4, 0.5) is 13.2 Å². The van der Waals surface area contributed by atoms with Gasteiger partial charge in [0.15, 0.2) is 5.69 Å². The van der Waals surface area contributed by atoms with E-state index < -0.39 is 12.1 Å². The van der Waals surface area contributed by atoms with Crippen LogP contribution in [-0.2, 0) is 9.53 Å². The zero-order valence-electron chi connectivity index (χ0n) is 18.7. The van der Waals surface area contributed by atoms with Gasteiger partial charge >= 0.3 is 12.1 Å². The largest absolute Gasteiger partial charge is 0.490 e. The van der Waals surface area contributed by atoms with Crippen molar-refractivity contribution in [3.63, 3.8) is 0 Å². The van der Waals surface area contributed by atoms with E-state index in [-0.39, 0.29) is 12.0 Å². The third-order valence-electron chi connectivity index (χ3n) is 5.31. The molecule has 4 aromatic heterocycles. The van der Waals surface area contributed by atoms with Gasteiger partial charge in [0, 0.05) is 30.7 Å². The van der Waals surface area contributed by atoms with Crippen molar-refractivity contribution in [3.8, 4) is 11.1 Å². The number of amides is 1. The molecule has 188 valence electrons. The lowest BCUT2D eigenvalue weighted by atomic mass is 10.1. The molecule has 5 heterocycles. The number of aromatic nitrogens is 5. The van der Waals surface area contributed by atoms with Crippen molar-refractivity contribution in [2.24, 2.45) is 0 Å². The molecule has 1 saturated heterocycles. The molecular weight excluding hydrogens is 501 g/mol. The highest BCUT2D eigenvalue weighted by Crippen LogP contribution is 2.28. The van der Waals surface area contributed by atoms with Crippen LogP contribution >= 0.6 is 11.5 Å². The summed E-state index contributed by atoms with van der Waals surface area (Å²) in [5.41, 5.74) is 4.31. The molecule has 0 radical (unpaired) electrons. The van der Waals surface area contributed by atoms with Crippen LogP contribution in [0.3, 0.4) is 0 Å². The summed E-state index contributed by atoms with van der Waals surface area (Å²) in [5.74, 6) is -2.86. The van der Waals surface area contributed by atoms with Crippen LogP contribution in [0.25, 0.3) is 16.6 Å². The predicted molar refractivity (Wildman–Crippen MR) is 121 cm³/mol. The smallest absolute Gasteiger partial charge is 0.475 e. The summed E-state index contributed by atoms with van der Waals surface area (Å²) in [5, 5.41) is 11.1. The maximum atomic E-state index is 12.8. The number of carbonyl (C=O) groups excluding carboxylic acids is 1. The number of rotatable bonds is 3. The first-order chi connectivity index (χ1) is 17.1. The van der Waals surface area contributed by atoms with Crippen molar-refractivity contribution in [1.29, 1.82) is 0 Å². The fourth-order valence-corrected chi connectivity index (χ4v) is 4.01. The Kier molecular flexibility index (Phi) is 7.26. The molecule has 10 nitrogen and oxygen atoms in total. The zero-order valence-corrected chi connectivity index (χ0v) is 19.5. The molecule has 0 aromatic carbocycles. The minimum Gasteiger partial charge on any atom is -0.475 e. The lowest BCUT2D eigenvalue weighted by molar-refractivity contribution is -0.192. The number of hydrogen-bond donors (Lipinski definition) is 1. The minimum atomic E-state index is -5.08. The molecule has 1 atom stereocenters. The molecule has 14 heteroatoms. The van der Waals surface area contributed by atoms with Crippen LogP contribution < -0.4 is 0 Å². The Morgan fingerprint density at radius 3 is 2.64 bits per heavy atom. The molecule has 1 amide bonds. The van der Waals surface area contributed by atoms with Crippen LogP contribution in [0.5, 0.6) is 0 Å². The average Bonchev–Trinajstić information content (AvgIpc) is 3.49. The Morgan fingerprint density at radius 2 is 2.00 bits per heavy atom. The second kappa shape index (κ2) is 10.4. The van der Waals surface area contributed by atoms with Crippen molar-refractivity contribution < 1.29 is 32.6 Å². The van der Waals surface area contributed by atoms with Gasteiger partial charge in [-0.15, -0.1) is 5.10 Å². The summed E-state index contributed by atoms with van der Waals surface area (Å²) in [6.07, 6.45) is 2.03. The summed E-state index contributed by atoms with van der Waals surface area (Å²) < 4.78 is 43.6. The van der Waals surface area contributed by atoms with E-state index in [9.17, 15) is 18.0 Å². The van der Waals surface area contributed by atoms with Gasteiger partial charge in [-0.3, -0.25) is 9.78 Å². The molecule has 0 saturated carbocycles. The first kappa shape index (κ1) is 25.2. The van der Waals surface area contributed by atoms with Gasteiger partial charge in [0.1, 0.15) is 6.10 Å². The van der Waals surface area contributed by atoms with E-state index in [2.05, 4.69) is 19.6 Å². The van der Waals surface area contributed by atoms with Crippen molar-refractivity contribution >= 4 is 28.9 Å². The lowest BCUT2D eigenvalue weighted by Gasteiger charge is -2.32. The maximum absolute atomic E-state index is 12.8. The van der Waals surface area contributed by atoms with E-state index in [0.717, 1.165) is 27.2 Å². The fourth-order valence-electron chi connectivity index (χ4n) is 3.55. The number of nitrogens with zero attached hydrogens (tertiary/aromatic N) is 6. The first-order valence-electron chi connectivity index (χ1n) is 10.5. The number of carboxylic acid groups (broad SMARTS) is 1. The van der Waals surface area contributed by atoms with Crippen LogP contribution in [0, 0.1) is 6.92 Å². The number of hydrogen-bond acceptors (Lipinski definition) is 8. The quantitative estimate of drug-likeness (QED) is 0.436. The van der Waals surface area contributed by atoms with Gasteiger partial charge in [0.05, 0.1) is 35.6 Å². The average molecular weight is 520 g/mol. The highest BCUT2D eigenvalue weighted by atomic mass is 32.1. The van der Waals surface area contributed by atoms with Gasteiger partial charge in [-0.2, -0.15) is 13.2 Å². The monoisotopic (exact) mass is 520 g/mol. The number of ether oxygens (including phenoxy) is 1. The highest BCUT2D eigenvalue weighted by molar-refractivity contribution is 7.05. The number of alkyl halides is 3. The summed E-state index contributed by atoms with van der Waals surface area (Å²) in [6.45, 7) is 3.29. The van der Waals surface area contributed by atoms with Gasteiger partial charge in [0.25, 0.3) is 5.91 Å². The van der Waals surface area contributed by atoms with Gasteiger partial charge in [0.2, 0.25) is 0 Å². The van der Waals surface area contributed by atoms with Crippen LogP contribution in [0.2, 0.25) is 0 Å². The number of carboxylic acids is 1. The molecule has 0 aliphatic carbocycles. The normalized spacial score (nSPS) is 15.9. The minimum absolute atomic E-state index is 0.105. The molecule has 1 aliphatic heterocycles. The number of aliphatic carboxylic acids is 1. The van der Waals surface area contributed by atoms with Crippen molar-refractivity contribution in [2.75, 3.05) is 19.7 Å². The standard InChI is InChI=1S/C20H18N6O2S.C2HF3O2/c1-13-18(23-24-29-13)20(27)25-7-8-28-17(11-25)19-16-5-4-15(10-26(16)12-22-19)14-3-2-6-21-9-14;3-2(4,5)1(6)7/h2-6,9-10,12,17H,7-8,11H2,1H3;(H,6,7). The van der Waals surface area contributed by atoms with E-state index in [1.165, 1.54) is 11.5 Å². The Morgan fingerprint density at radius 1 is 1.22 bits per heavy atom. The highest BCUT2D eigenvalue weighted by Gasteiger charge is 2.38. The number of halogens is 3. The van der Waals surface area contributed by atoms with Crippen LogP contribution in [-0.4, -0.2) is 71.7 Å². The molecule has 1 unspecified atom stereocenters. The molecule has 1 N–H and O–H groups in total. The van der Waals surface area contributed by atoms with Crippen molar-refractivity contribution in [1.82, 2.24) is 28.9 Å². The topological polar surface area (TPSA) is 123 Å². The number of aryl methyl sites for hydroxylation is 1. The van der Waals surface area contributed by atoms with Gasteiger partial charge < -0.3 is 19.1 Å². The van der Waals surface area contributed by atoms with E-state index in [1.807, 2.05) is 48.0 Å². The van der Waals surface area contributed by atoms with Gasteiger partial charge in [-0.25, -0.2) is 9.78 Å².